The van der Waals surface area contributed by atoms with E-state index in [9.17, 15) is 8.78 Å². The van der Waals surface area contributed by atoms with Gasteiger partial charge in [-0.1, -0.05) is 6.08 Å². The maximum Gasteiger partial charge on any atom is 0.485 e. The van der Waals surface area contributed by atoms with Gasteiger partial charge in [-0.3, -0.25) is 9.47 Å². The van der Waals surface area contributed by atoms with Gasteiger partial charge in [0.2, 0.25) is 0 Å². The monoisotopic (exact) mass is 152 g/mol. The molecule has 0 saturated heterocycles. The second kappa shape index (κ2) is 3.63. The Morgan fingerprint density at radius 1 is 1.60 bits per heavy atom. The molecule has 10 heavy (non-hydrogen) atoms. The molecule has 0 aliphatic rings. The molecule has 0 fully saturated rings. The number of alkyl halides is 2. The molecule has 4 heteroatoms. The lowest BCUT2D eigenvalue weighted by Gasteiger charge is -2.16. The molecular formula is C6H10F2O2. The molecule has 0 saturated carbocycles. The molecule has 60 valence electrons. The second-order valence-electron chi connectivity index (χ2n) is 1.73. The van der Waals surface area contributed by atoms with Crippen molar-refractivity contribution < 1.29 is 18.3 Å². The van der Waals surface area contributed by atoms with Crippen LogP contribution in [-0.2, 0) is 9.47 Å². The Morgan fingerprint density at radius 2 is 2.10 bits per heavy atom. The van der Waals surface area contributed by atoms with Crippen molar-refractivity contribution in [1.82, 2.24) is 0 Å². The number of halogens is 2. The third-order valence-electron chi connectivity index (χ3n) is 0.893. The Hall–Kier alpha value is -0.480. The third kappa shape index (κ3) is 3.53. The molecule has 0 amide bonds. The molecule has 0 aromatic carbocycles. The van der Waals surface area contributed by atoms with E-state index in [-0.39, 0.29) is 0 Å². The molecule has 0 N–H and O–H groups in total. The molecule has 0 radical (unpaired) electrons. The van der Waals surface area contributed by atoms with Crippen LogP contribution >= 0.6 is 0 Å². The average Bonchev–Trinajstić information content (AvgIpc) is 1.87. The van der Waals surface area contributed by atoms with Gasteiger partial charge in [0.1, 0.15) is 0 Å². The fourth-order valence-corrected chi connectivity index (χ4v) is 0.313. The summed E-state index contributed by atoms with van der Waals surface area (Å²) in [5, 5.41) is 0. The van der Waals surface area contributed by atoms with Gasteiger partial charge in [0.25, 0.3) is 0 Å². The standard InChI is InChI=1S/C6H10F2O2/c1-4-5(2)10-6(7,8)9-3/h4-5H,1H2,2-3H3. The summed E-state index contributed by atoms with van der Waals surface area (Å²) < 4.78 is 32.0. The lowest BCUT2D eigenvalue weighted by Crippen LogP contribution is -2.27. The fourth-order valence-electron chi connectivity index (χ4n) is 0.313. The van der Waals surface area contributed by atoms with Crippen molar-refractivity contribution in [3.63, 3.8) is 0 Å². The molecular weight excluding hydrogens is 142 g/mol. The SMILES string of the molecule is C=CC(C)OC(F)(F)OC. The van der Waals surface area contributed by atoms with Crippen molar-refractivity contribution in [2.75, 3.05) is 7.11 Å². The van der Waals surface area contributed by atoms with E-state index in [0.717, 1.165) is 7.11 Å². The number of rotatable bonds is 4. The van der Waals surface area contributed by atoms with E-state index in [1.165, 1.54) is 13.0 Å². The highest BCUT2D eigenvalue weighted by atomic mass is 19.3. The number of hydrogen-bond donors (Lipinski definition) is 0. The third-order valence-corrected chi connectivity index (χ3v) is 0.893. The summed E-state index contributed by atoms with van der Waals surface area (Å²) in [5.74, 6) is 0. The molecule has 0 aliphatic carbocycles. The highest BCUT2D eigenvalue weighted by Gasteiger charge is 2.31. The van der Waals surface area contributed by atoms with Crippen LogP contribution in [0.4, 0.5) is 8.78 Å². The van der Waals surface area contributed by atoms with Crippen LogP contribution in [0.2, 0.25) is 0 Å². The molecule has 0 spiro atoms. The summed E-state index contributed by atoms with van der Waals surface area (Å²) in [5.41, 5.74) is 0. The van der Waals surface area contributed by atoms with Gasteiger partial charge in [-0.2, -0.15) is 0 Å². The van der Waals surface area contributed by atoms with Crippen LogP contribution < -0.4 is 0 Å². The molecule has 0 aromatic heterocycles. The van der Waals surface area contributed by atoms with Gasteiger partial charge >= 0.3 is 6.29 Å². The van der Waals surface area contributed by atoms with Gasteiger partial charge in [-0.25, -0.2) is 0 Å². The van der Waals surface area contributed by atoms with Crippen LogP contribution in [0.5, 0.6) is 0 Å². The zero-order chi connectivity index (χ0) is 8.20. The minimum atomic E-state index is -3.51. The van der Waals surface area contributed by atoms with Gasteiger partial charge in [0.05, 0.1) is 6.10 Å². The summed E-state index contributed by atoms with van der Waals surface area (Å²) in [6.45, 7) is 4.71. The topological polar surface area (TPSA) is 18.5 Å². The lowest BCUT2D eigenvalue weighted by molar-refractivity contribution is -0.390. The van der Waals surface area contributed by atoms with Crippen molar-refractivity contribution in [3.8, 4) is 0 Å². The van der Waals surface area contributed by atoms with E-state index in [1.807, 2.05) is 0 Å². The van der Waals surface area contributed by atoms with E-state index in [0.29, 0.717) is 0 Å². The van der Waals surface area contributed by atoms with Crippen molar-refractivity contribution in [2.45, 2.75) is 19.3 Å². The van der Waals surface area contributed by atoms with E-state index in [1.54, 1.807) is 0 Å². The average molecular weight is 152 g/mol. The van der Waals surface area contributed by atoms with E-state index in [4.69, 9.17) is 0 Å². The largest absolute Gasteiger partial charge is 0.485 e. The smallest absolute Gasteiger partial charge is 0.299 e. The van der Waals surface area contributed by atoms with Gasteiger partial charge in [0, 0.05) is 7.11 Å². The minimum Gasteiger partial charge on any atom is -0.299 e. The normalized spacial score (nSPS) is 14.8. The van der Waals surface area contributed by atoms with Crippen molar-refractivity contribution in [2.24, 2.45) is 0 Å². The van der Waals surface area contributed by atoms with Gasteiger partial charge in [-0.15, -0.1) is 15.4 Å². The first kappa shape index (κ1) is 9.52. The van der Waals surface area contributed by atoms with Gasteiger partial charge < -0.3 is 0 Å². The summed E-state index contributed by atoms with van der Waals surface area (Å²) >= 11 is 0. The van der Waals surface area contributed by atoms with Crippen molar-refractivity contribution in [3.05, 3.63) is 12.7 Å². The quantitative estimate of drug-likeness (QED) is 0.451. The first-order chi connectivity index (χ1) is 4.52. The molecule has 0 aromatic rings. The maximum atomic E-state index is 12.1. The van der Waals surface area contributed by atoms with E-state index < -0.39 is 12.4 Å². The molecule has 2 nitrogen and oxygen atoms in total. The van der Waals surface area contributed by atoms with Crippen molar-refractivity contribution in [1.29, 1.82) is 0 Å². The van der Waals surface area contributed by atoms with E-state index in [2.05, 4.69) is 16.1 Å². The van der Waals surface area contributed by atoms with Crippen LogP contribution in [0.25, 0.3) is 0 Å². The zero-order valence-electron chi connectivity index (χ0n) is 5.93. The second-order valence-corrected chi connectivity index (χ2v) is 1.73. The van der Waals surface area contributed by atoms with Crippen LogP contribution in [0.15, 0.2) is 12.7 Å². The van der Waals surface area contributed by atoms with Crippen LogP contribution in [-0.4, -0.2) is 19.5 Å². The molecule has 0 bridgehead atoms. The van der Waals surface area contributed by atoms with E-state index >= 15 is 0 Å². The first-order valence-electron chi connectivity index (χ1n) is 2.75. The Morgan fingerprint density at radius 3 is 2.40 bits per heavy atom. The number of ether oxygens (including phenoxy) is 2. The molecule has 0 heterocycles. The molecule has 1 unspecified atom stereocenters. The summed E-state index contributed by atoms with van der Waals surface area (Å²) in [6, 6.07) is 0. The Kier molecular flexibility index (Phi) is 3.46. The van der Waals surface area contributed by atoms with Crippen LogP contribution in [0.3, 0.4) is 0 Å². The van der Waals surface area contributed by atoms with Crippen LogP contribution in [0.1, 0.15) is 6.92 Å². The predicted octanol–water partition coefficient (Wildman–Crippen LogP) is 1.77. The molecule has 0 aliphatic heterocycles. The Balaban J connectivity index is 3.75. The first-order valence-corrected chi connectivity index (χ1v) is 2.75. The highest BCUT2D eigenvalue weighted by Crippen LogP contribution is 2.17. The number of hydrogen-bond acceptors (Lipinski definition) is 2. The molecule has 1 atom stereocenters. The Labute approximate surface area is 58.4 Å². The maximum absolute atomic E-state index is 12.1. The fraction of sp³-hybridized carbons (Fsp3) is 0.667. The number of methoxy groups -OCH3 is 1. The molecule has 0 rings (SSSR count). The minimum absolute atomic E-state index is 0.713. The Bertz CT molecular complexity index is 114. The lowest BCUT2D eigenvalue weighted by atomic mass is 10.4. The predicted molar refractivity (Wildman–Crippen MR) is 32.7 cm³/mol. The summed E-state index contributed by atoms with van der Waals surface area (Å²) in [4.78, 5) is 0. The van der Waals surface area contributed by atoms with Crippen LogP contribution in [0, 0.1) is 0 Å². The highest BCUT2D eigenvalue weighted by molar-refractivity contribution is 4.75. The van der Waals surface area contributed by atoms with Crippen molar-refractivity contribution >= 4 is 0 Å². The zero-order valence-corrected chi connectivity index (χ0v) is 5.93. The van der Waals surface area contributed by atoms with Gasteiger partial charge in [0.15, 0.2) is 0 Å². The summed E-state index contributed by atoms with van der Waals surface area (Å²) in [6.07, 6.45) is -2.96. The summed E-state index contributed by atoms with van der Waals surface area (Å²) in [7, 11) is 0.871. The van der Waals surface area contributed by atoms with Gasteiger partial charge in [-0.05, 0) is 6.92 Å².